The maximum atomic E-state index is 13.7. The minimum Gasteiger partial charge on any atom is -0.274 e. The number of benzene rings is 2. The van der Waals surface area contributed by atoms with Crippen molar-refractivity contribution in [2.45, 2.75) is 32.6 Å². The summed E-state index contributed by atoms with van der Waals surface area (Å²) in [4.78, 5) is 20.1. The molecule has 1 aliphatic rings. The molecule has 0 N–H and O–H groups in total. The molecule has 0 radical (unpaired) electrons. The number of piperidine rings is 1. The molecule has 1 saturated heterocycles. The second-order valence-electron chi connectivity index (χ2n) is 8.32. The number of hydrogen-bond acceptors (Lipinski definition) is 5. The first-order chi connectivity index (χ1) is 14.7. The normalized spacial score (nSPS) is 16.1. The summed E-state index contributed by atoms with van der Waals surface area (Å²) in [6.45, 7) is 5.02. The molecule has 1 fully saturated rings. The zero-order chi connectivity index (χ0) is 22.2. The third-order valence-electron chi connectivity index (χ3n) is 5.78. The van der Waals surface area contributed by atoms with E-state index in [0.717, 1.165) is 15.9 Å². The lowest BCUT2D eigenvalue weighted by Gasteiger charge is -2.32. The second kappa shape index (κ2) is 8.68. The highest BCUT2D eigenvalue weighted by Gasteiger charge is 2.33. The van der Waals surface area contributed by atoms with E-state index in [9.17, 15) is 13.2 Å². The smallest absolute Gasteiger partial charge is 0.236 e. The molecular formula is C23H27N3O3S2. The third-order valence-corrected chi connectivity index (χ3v) is 8.11. The molecule has 0 unspecified atom stereocenters. The largest absolute Gasteiger partial charge is 0.274 e. The molecular weight excluding hydrogens is 430 g/mol. The fourth-order valence-electron chi connectivity index (χ4n) is 3.91. The predicted molar refractivity (Wildman–Crippen MR) is 126 cm³/mol. The Bertz CT molecular complexity index is 1150. The lowest BCUT2D eigenvalue weighted by Crippen LogP contribution is -2.43. The lowest BCUT2D eigenvalue weighted by atomic mass is 9.96. The van der Waals surface area contributed by atoms with Gasteiger partial charge in [-0.2, -0.15) is 0 Å². The number of fused-ring (bicyclic) bond motifs is 1. The molecule has 164 valence electrons. The van der Waals surface area contributed by atoms with Gasteiger partial charge < -0.3 is 0 Å². The van der Waals surface area contributed by atoms with E-state index in [4.69, 9.17) is 4.98 Å². The van der Waals surface area contributed by atoms with E-state index >= 15 is 0 Å². The van der Waals surface area contributed by atoms with Gasteiger partial charge >= 0.3 is 0 Å². The molecule has 1 aromatic heterocycles. The Kier molecular flexibility index (Phi) is 6.14. The predicted octanol–water partition coefficient (Wildman–Crippen LogP) is 4.76. The van der Waals surface area contributed by atoms with Crippen LogP contribution in [-0.4, -0.2) is 43.0 Å². The van der Waals surface area contributed by atoms with Crippen molar-refractivity contribution in [2.75, 3.05) is 24.2 Å². The van der Waals surface area contributed by atoms with Gasteiger partial charge in [-0.3, -0.25) is 9.69 Å². The Morgan fingerprint density at radius 2 is 1.74 bits per heavy atom. The third kappa shape index (κ3) is 4.66. The topological polar surface area (TPSA) is 70.6 Å². The van der Waals surface area contributed by atoms with Crippen molar-refractivity contribution in [1.29, 1.82) is 0 Å². The van der Waals surface area contributed by atoms with Gasteiger partial charge in [0, 0.05) is 19.0 Å². The number of aromatic nitrogens is 1. The molecule has 3 aromatic rings. The molecule has 0 bridgehead atoms. The van der Waals surface area contributed by atoms with Gasteiger partial charge in [-0.05, 0) is 48.6 Å². The molecule has 4 rings (SSSR count). The number of hydrogen-bond donors (Lipinski definition) is 0. The monoisotopic (exact) mass is 457 g/mol. The SMILES string of the molecule is CC(C)c1ccc(N(C(=O)C2CCN(S(C)(=O)=O)CC2)c2nc3ccccc3s2)cc1. The van der Waals surface area contributed by atoms with Crippen LogP contribution in [0.3, 0.4) is 0 Å². The number of thiazole rings is 1. The van der Waals surface area contributed by atoms with Gasteiger partial charge in [0.25, 0.3) is 0 Å². The van der Waals surface area contributed by atoms with E-state index in [1.807, 2.05) is 36.4 Å². The fourth-order valence-corrected chi connectivity index (χ4v) is 5.78. The van der Waals surface area contributed by atoms with Gasteiger partial charge in [0.2, 0.25) is 15.9 Å². The van der Waals surface area contributed by atoms with Crippen LogP contribution in [0.5, 0.6) is 0 Å². The van der Waals surface area contributed by atoms with Crippen LogP contribution in [0.15, 0.2) is 48.5 Å². The highest BCUT2D eigenvalue weighted by Crippen LogP contribution is 2.36. The molecule has 0 atom stereocenters. The summed E-state index contributed by atoms with van der Waals surface area (Å²) in [7, 11) is -3.23. The number of carbonyl (C=O) groups excluding carboxylic acids is 1. The molecule has 6 nitrogen and oxygen atoms in total. The Morgan fingerprint density at radius 3 is 2.32 bits per heavy atom. The van der Waals surface area contributed by atoms with Crippen molar-refractivity contribution >= 4 is 48.3 Å². The molecule has 2 aromatic carbocycles. The van der Waals surface area contributed by atoms with E-state index in [-0.39, 0.29) is 11.8 Å². The maximum Gasteiger partial charge on any atom is 0.236 e. The number of anilines is 2. The zero-order valence-electron chi connectivity index (χ0n) is 18.0. The van der Waals surface area contributed by atoms with Crippen molar-refractivity contribution in [2.24, 2.45) is 5.92 Å². The van der Waals surface area contributed by atoms with E-state index < -0.39 is 10.0 Å². The molecule has 31 heavy (non-hydrogen) atoms. The van der Waals surface area contributed by atoms with Crippen LogP contribution in [0.1, 0.15) is 38.2 Å². The summed E-state index contributed by atoms with van der Waals surface area (Å²) in [5, 5.41) is 0.647. The molecule has 1 amide bonds. The van der Waals surface area contributed by atoms with Gasteiger partial charge in [-0.1, -0.05) is 49.4 Å². The van der Waals surface area contributed by atoms with Crippen molar-refractivity contribution in [3.05, 3.63) is 54.1 Å². The quantitative estimate of drug-likeness (QED) is 0.554. The number of para-hydroxylation sites is 1. The average Bonchev–Trinajstić information content (AvgIpc) is 3.17. The van der Waals surface area contributed by atoms with Crippen LogP contribution in [0.25, 0.3) is 10.2 Å². The van der Waals surface area contributed by atoms with Crippen molar-refractivity contribution < 1.29 is 13.2 Å². The first-order valence-corrected chi connectivity index (χ1v) is 13.1. The van der Waals surface area contributed by atoms with Gasteiger partial charge in [0.1, 0.15) is 0 Å². The Labute approximate surface area is 187 Å². The summed E-state index contributed by atoms with van der Waals surface area (Å²) in [5.41, 5.74) is 2.87. The number of rotatable bonds is 5. The molecule has 0 aliphatic carbocycles. The van der Waals surface area contributed by atoms with Gasteiger partial charge in [-0.15, -0.1) is 0 Å². The van der Waals surface area contributed by atoms with Crippen LogP contribution in [0.2, 0.25) is 0 Å². The molecule has 8 heteroatoms. The Morgan fingerprint density at radius 1 is 1.10 bits per heavy atom. The molecule has 1 aliphatic heterocycles. The number of amides is 1. The van der Waals surface area contributed by atoms with Gasteiger partial charge in [-0.25, -0.2) is 17.7 Å². The summed E-state index contributed by atoms with van der Waals surface area (Å²) in [6.07, 6.45) is 2.24. The highest BCUT2D eigenvalue weighted by atomic mass is 32.2. The molecule has 2 heterocycles. The van der Waals surface area contributed by atoms with Crippen LogP contribution < -0.4 is 4.90 Å². The van der Waals surface area contributed by atoms with E-state index in [1.165, 1.54) is 27.5 Å². The van der Waals surface area contributed by atoms with Gasteiger partial charge in [0.05, 0.1) is 22.2 Å². The van der Waals surface area contributed by atoms with E-state index in [0.29, 0.717) is 37.0 Å². The van der Waals surface area contributed by atoms with Crippen molar-refractivity contribution in [3.8, 4) is 0 Å². The summed E-state index contributed by atoms with van der Waals surface area (Å²) in [6, 6.07) is 15.9. The molecule has 0 saturated carbocycles. The first kappa shape index (κ1) is 21.9. The Hall–Kier alpha value is -2.29. The van der Waals surface area contributed by atoms with E-state index in [2.05, 4.69) is 26.0 Å². The van der Waals surface area contributed by atoms with Crippen LogP contribution in [-0.2, 0) is 14.8 Å². The Balaban J connectivity index is 1.67. The number of carbonyl (C=O) groups is 1. The second-order valence-corrected chi connectivity index (χ2v) is 11.3. The molecule has 0 spiro atoms. The standard InChI is InChI=1S/C23H27N3O3S2/c1-16(2)17-8-10-19(11-9-17)26(23-24-20-6-4-5-7-21(20)30-23)22(27)18-12-14-25(15-13-18)31(3,28)29/h4-11,16,18H,12-15H2,1-3H3. The fraction of sp³-hybridized carbons (Fsp3) is 0.391. The highest BCUT2D eigenvalue weighted by molar-refractivity contribution is 7.88. The number of sulfonamides is 1. The first-order valence-electron chi connectivity index (χ1n) is 10.5. The van der Waals surface area contributed by atoms with Crippen molar-refractivity contribution in [1.82, 2.24) is 9.29 Å². The van der Waals surface area contributed by atoms with Gasteiger partial charge in [0.15, 0.2) is 5.13 Å². The summed E-state index contributed by atoms with van der Waals surface area (Å²) in [5.74, 6) is 0.139. The minimum atomic E-state index is -3.23. The zero-order valence-corrected chi connectivity index (χ0v) is 19.6. The van der Waals surface area contributed by atoms with Crippen LogP contribution in [0.4, 0.5) is 10.8 Å². The lowest BCUT2D eigenvalue weighted by molar-refractivity contribution is -0.122. The average molecular weight is 458 g/mol. The summed E-state index contributed by atoms with van der Waals surface area (Å²) < 4.78 is 26.2. The number of nitrogens with zero attached hydrogens (tertiary/aromatic N) is 3. The van der Waals surface area contributed by atoms with Crippen LogP contribution >= 0.6 is 11.3 Å². The van der Waals surface area contributed by atoms with Crippen LogP contribution in [0, 0.1) is 5.92 Å². The minimum absolute atomic E-state index is 0.0236. The van der Waals surface area contributed by atoms with Crippen molar-refractivity contribution in [3.63, 3.8) is 0 Å². The summed E-state index contributed by atoms with van der Waals surface area (Å²) >= 11 is 1.50. The van der Waals surface area contributed by atoms with E-state index in [1.54, 1.807) is 4.90 Å². The maximum absolute atomic E-state index is 13.7.